The van der Waals surface area contributed by atoms with E-state index < -0.39 is 5.60 Å². The molecule has 24 heavy (non-hydrogen) atoms. The van der Waals surface area contributed by atoms with Gasteiger partial charge in [-0.25, -0.2) is 4.98 Å². The SMILES string of the molecule is COC1(c2cncc(-n3ccc4cnc(N)nc43)c2)CCOC1.Cl. The van der Waals surface area contributed by atoms with Crippen LogP contribution in [0.25, 0.3) is 16.7 Å². The first-order valence-corrected chi connectivity index (χ1v) is 7.40. The Bertz CT molecular complexity index is 861. The molecule has 1 fully saturated rings. The van der Waals surface area contributed by atoms with E-state index in [0.717, 1.165) is 28.7 Å². The van der Waals surface area contributed by atoms with Crippen LogP contribution in [-0.2, 0) is 15.1 Å². The van der Waals surface area contributed by atoms with Gasteiger partial charge in [-0.15, -0.1) is 12.4 Å². The lowest BCUT2D eigenvalue weighted by molar-refractivity contribution is -0.0215. The Hall–Kier alpha value is -2.22. The van der Waals surface area contributed by atoms with Crippen molar-refractivity contribution in [2.75, 3.05) is 26.1 Å². The van der Waals surface area contributed by atoms with E-state index >= 15 is 0 Å². The molecule has 4 heterocycles. The summed E-state index contributed by atoms with van der Waals surface area (Å²) in [5, 5.41) is 0.926. The molecule has 1 saturated heterocycles. The molecular weight excluding hydrogens is 330 g/mol. The van der Waals surface area contributed by atoms with Crippen molar-refractivity contribution in [3.8, 4) is 5.69 Å². The fourth-order valence-electron chi connectivity index (χ4n) is 3.00. The zero-order chi connectivity index (χ0) is 15.9. The van der Waals surface area contributed by atoms with Crippen molar-refractivity contribution in [3.05, 3.63) is 42.5 Å². The summed E-state index contributed by atoms with van der Waals surface area (Å²) in [6.07, 6.45) is 8.09. The van der Waals surface area contributed by atoms with Gasteiger partial charge in [0, 0.05) is 49.7 Å². The van der Waals surface area contributed by atoms with E-state index in [9.17, 15) is 0 Å². The van der Waals surface area contributed by atoms with Crippen LogP contribution in [0, 0.1) is 0 Å². The quantitative estimate of drug-likeness (QED) is 0.780. The number of fused-ring (bicyclic) bond motifs is 1. The number of nitrogen functional groups attached to an aromatic ring is 1. The maximum absolute atomic E-state index is 5.74. The third kappa shape index (κ3) is 2.60. The van der Waals surface area contributed by atoms with E-state index in [4.69, 9.17) is 15.2 Å². The highest BCUT2D eigenvalue weighted by atomic mass is 35.5. The molecule has 0 radical (unpaired) electrons. The number of hydrogen-bond acceptors (Lipinski definition) is 6. The summed E-state index contributed by atoms with van der Waals surface area (Å²) in [6.45, 7) is 1.23. The number of anilines is 1. The largest absolute Gasteiger partial charge is 0.378 e. The molecule has 0 saturated carbocycles. The van der Waals surface area contributed by atoms with Crippen LogP contribution in [0.2, 0.25) is 0 Å². The van der Waals surface area contributed by atoms with Gasteiger partial charge in [0.1, 0.15) is 11.2 Å². The first-order chi connectivity index (χ1) is 11.2. The Labute approximate surface area is 145 Å². The maximum Gasteiger partial charge on any atom is 0.221 e. The number of rotatable bonds is 3. The van der Waals surface area contributed by atoms with Crippen LogP contribution in [0.15, 0.2) is 36.9 Å². The molecule has 1 unspecified atom stereocenters. The number of nitrogens with zero attached hydrogens (tertiary/aromatic N) is 4. The molecule has 8 heteroatoms. The molecule has 1 aliphatic rings. The number of halogens is 1. The van der Waals surface area contributed by atoms with Crippen molar-refractivity contribution in [1.82, 2.24) is 19.5 Å². The lowest BCUT2D eigenvalue weighted by Gasteiger charge is -2.26. The van der Waals surface area contributed by atoms with Crippen molar-refractivity contribution < 1.29 is 9.47 Å². The van der Waals surface area contributed by atoms with E-state index in [2.05, 4.69) is 21.0 Å². The van der Waals surface area contributed by atoms with Crippen LogP contribution in [0.3, 0.4) is 0 Å². The average molecular weight is 348 g/mol. The van der Waals surface area contributed by atoms with Crippen molar-refractivity contribution >= 4 is 29.4 Å². The highest BCUT2D eigenvalue weighted by Crippen LogP contribution is 2.34. The normalized spacial score (nSPS) is 20.2. The molecule has 0 aromatic carbocycles. The van der Waals surface area contributed by atoms with Gasteiger partial charge in [-0.05, 0) is 12.1 Å². The number of ether oxygens (including phenoxy) is 2. The third-order valence-electron chi connectivity index (χ3n) is 4.35. The molecule has 1 aliphatic heterocycles. The van der Waals surface area contributed by atoms with Gasteiger partial charge in [0.25, 0.3) is 0 Å². The highest BCUT2D eigenvalue weighted by molar-refractivity contribution is 5.85. The zero-order valence-corrected chi connectivity index (χ0v) is 14.0. The predicted octanol–water partition coefficient (Wildman–Crippen LogP) is 2.08. The third-order valence-corrected chi connectivity index (χ3v) is 4.35. The summed E-state index contributed by atoms with van der Waals surface area (Å²) < 4.78 is 13.2. The van der Waals surface area contributed by atoms with Gasteiger partial charge in [-0.2, -0.15) is 4.98 Å². The molecule has 3 aromatic heterocycles. The Morgan fingerprint density at radius 3 is 2.96 bits per heavy atom. The van der Waals surface area contributed by atoms with Crippen LogP contribution >= 0.6 is 12.4 Å². The van der Waals surface area contributed by atoms with Crippen LogP contribution in [0.4, 0.5) is 5.95 Å². The second-order valence-corrected chi connectivity index (χ2v) is 5.63. The fourth-order valence-corrected chi connectivity index (χ4v) is 3.00. The summed E-state index contributed by atoms with van der Waals surface area (Å²) in [5.41, 5.74) is 7.94. The Balaban J connectivity index is 0.00000169. The molecule has 126 valence electrons. The van der Waals surface area contributed by atoms with Crippen molar-refractivity contribution in [3.63, 3.8) is 0 Å². The van der Waals surface area contributed by atoms with E-state index in [1.165, 1.54) is 0 Å². The van der Waals surface area contributed by atoms with Crippen LogP contribution in [0.1, 0.15) is 12.0 Å². The van der Waals surface area contributed by atoms with Crippen LogP contribution < -0.4 is 5.73 Å². The number of hydrogen-bond donors (Lipinski definition) is 1. The van der Waals surface area contributed by atoms with E-state index in [0.29, 0.717) is 13.2 Å². The Morgan fingerprint density at radius 1 is 1.33 bits per heavy atom. The van der Waals surface area contributed by atoms with Gasteiger partial charge in [-0.1, -0.05) is 0 Å². The second kappa shape index (κ2) is 6.35. The average Bonchev–Trinajstić information content (AvgIpc) is 3.22. The molecule has 1 atom stereocenters. The number of methoxy groups -OCH3 is 1. The first-order valence-electron chi connectivity index (χ1n) is 7.40. The maximum atomic E-state index is 5.74. The van der Waals surface area contributed by atoms with Gasteiger partial charge < -0.3 is 15.2 Å². The molecule has 0 bridgehead atoms. The Kier molecular flexibility index (Phi) is 4.40. The first kappa shape index (κ1) is 16.6. The number of pyridine rings is 1. The molecule has 0 spiro atoms. The zero-order valence-electron chi connectivity index (χ0n) is 13.2. The minimum atomic E-state index is -0.431. The summed E-state index contributed by atoms with van der Waals surface area (Å²) in [6, 6.07) is 4.01. The predicted molar refractivity (Wildman–Crippen MR) is 92.4 cm³/mol. The fraction of sp³-hybridized carbons (Fsp3) is 0.312. The van der Waals surface area contributed by atoms with Crippen LogP contribution in [-0.4, -0.2) is 39.8 Å². The molecule has 2 N–H and O–H groups in total. The summed E-state index contributed by atoms with van der Waals surface area (Å²) >= 11 is 0. The number of nitrogens with two attached hydrogens (primary N) is 1. The minimum absolute atomic E-state index is 0. The van der Waals surface area contributed by atoms with Crippen molar-refractivity contribution in [2.24, 2.45) is 0 Å². The minimum Gasteiger partial charge on any atom is -0.378 e. The summed E-state index contributed by atoms with van der Waals surface area (Å²) in [7, 11) is 1.71. The highest BCUT2D eigenvalue weighted by Gasteiger charge is 2.37. The van der Waals surface area contributed by atoms with Gasteiger partial charge in [0.15, 0.2) is 0 Å². The van der Waals surface area contributed by atoms with E-state index in [1.807, 2.05) is 23.0 Å². The van der Waals surface area contributed by atoms with Crippen LogP contribution in [0.5, 0.6) is 0 Å². The summed E-state index contributed by atoms with van der Waals surface area (Å²) in [4.78, 5) is 12.7. The number of aromatic nitrogens is 4. The van der Waals surface area contributed by atoms with Gasteiger partial charge in [0.05, 0.1) is 18.5 Å². The standard InChI is InChI=1S/C16H17N5O2.ClH/c1-22-16(3-5-23-10-16)12-6-13(9-18-8-12)21-4-2-11-7-19-15(17)20-14(11)21;/h2,4,6-9H,3,5,10H2,1H3,(H2,17,19,20);1H. The summed E-state index contributed by atoms with van der Waals surface area (Å²) in [5.74, 6) is 0.249. The van der Waals surface area contributed by atoms with Crippen molar-refractivity contribution in [2.45, 2.75) is 12.0 Å². The topological polar surface area (TPSA) is 88.1 Å². The van der Waals surface area contributed by atoms with Crippen molar-refractivity contribution in [1.29, 1.82) is 0 Å². The lowest BCUT2D eigenvalue weighted by Crippen LogP contribution is -2.29. The molecular formula is C16H18ClN5O2. The smallest absolute Gasteiger partial charge is 0.221 e. The van der Waals surface area contributed by atoms with Gasteiger partial charge >= 0.3 is 0 Å². The molecule has 0 aliphatic carbocycles. The molecule has 7 nitrogen and oxygen atoms in total. The molecule has 3 aromatic rings. The monoisotopic (exact) mass is 347 g/mol. The lowest BCUT2D eigenvalue weighted by atomic mass is 9.94. The van der Waals surface area contributed by atoms with E-state index in [1.54, 1.807) is 19.5 Å². The Morgan fingerprint density at radius 2 is 2.21 bits per heavy atom. The second-order valence-electron chi connectivity index (χ2n) is 5.63. The molecule has 4 rings (SSSR count). The van der Waals surface area contributed by atoms with Gasteiger partial charge in [0.2, 0.25) is 5.95 Å². The molecule has 0 amide bonds. The van der Waals surface area contributed by atoms with E-state index in [-0.39, 0.29) is 18.4 Å². The van der Waals surface area contributed by atoms with Gasteiger partial charge in [-0.3, -0.25) is 9.55 Å².